The number of nitrogens with one attached hydrogen (secondary N) is 1. The van der Waals surface area contributed by atoms with Crippen LogP contribution in [0.1, 0.15) is 38.2 Å². The van der Waals surface area contributed by atoms with Crippen LogP contribution in [0.15, 0.2) is 24.3 Å². The summed E-state index contributed by atoms with van der Waals surface area (Å²) in [6, 6.07) is 8.65. The molecule has 1 fully saturated rings. The second-order valence-corrected chi connectivity index (χ2v) is 5.19. The van der Waals surface area contributed by atoms with Gasteiger partial charge in [0.15, 0.2) is 0 Å². The Kier molecular flexibility index (Phi) is 7.92. The molecule has 108 valence electrons. The number of anilines is 1. The van der Waals surface area contributed by atoms with E-state index in [1.165, 1.54) is 56.6 Å². The van der Waals surface area contributed by atoms with Gasteiger partial charge in [0, 0.05) is 18.8 Å². The summed E-state index contributed by atoms with van der Waals surface area (Å²) in [5.41, 5.74) is 2.74. The Labute approximate surface area is 124 Å². The summed E-state index contributed by atoms with van der Waals surface area (Å²) >= 11 is 0. The minimum atomic E-state index is 0. The zero-order valence-electron chi connectivity index (χ0n) is 12.0. The predicted molar refractivity (Wildman–Crippen MR) is 86.5 cm³/mol. The highest BCUT2D eigenvalue weighted by atomic mass is 35.5. The Bertz CT molecular complexity index is 346. The van der Waals surface area contributed by atoms with E-state index in [2.05, 4.69) is 41.4 Å². The Morgan fingerprint density at radius 3 is 2.42 bits per heavy atom. The molecular weight excluding hydrogens is 256 g/mol. The molecule has 1 aromatic rings. The molecule has 1 aromatic carbocycles. The van der Waals surface area contributed by atoms with E-state index in [1.807, 2.05) is 0 Å². The number of rotatable bonds is 5. The molecule has 0 aromatic heterocycles. The van der Waals surface area contributed by atoms with E-state index in [4.69, 9.17) is 0 Å². The van der Waals surface area contributed by atoms with Gasteiger partial charge in [0.2, 0.25) is 0 Å². The lowest BCUT2D eigenvalue weighted by atomic mass is 10.1. The summed E-state index contributed by atoms with van der Waals surface area (Å²) in [4.78, 5) is 2.61. The Hall–Kier alpha value is -0.730. The Balaban J connectivity index is 0.00000180. The largest absolute Gasteiger partial charge is 0.384 e. The van der Waals surface area contributed by atoms with Crippen LogP contribution >= 0.6 is 12.4 Å². The van der Waals surface area contributed by atoms with Crippen LogP contribution < -0.4 is 5.32 Å². The molecule has 0 saturated carbocycles. The smallest absolute Gasteiger partial charge is 0.0373 e. The fraction of sp³-hybridized carbons (Fsp3) is 0.625. The average Bonchev–Trinajstić information content (AvgIpc) is 2.68. The first-order valence-corrected chi connectivity index (χ1v) is 7.44. The second-order valence-electron chi connectivity index (χ2n) is 5.19. The Morgan fingerprint density at radius 2 is 1.74 bits per heavy atom. The van der Waals surface area contributed by atoms with Crippen molar-refractivity contribution in [3.63, 3.8) is 0 Å². The van der Waals surface area contributed by atoms with Crippen molar-refractivity contribution in [1.29, 1.82) is 0 Å². The first-order valence-electron chi connectivity index (χ1n) is 7.44. The van der Waals surface area contributed by atoms with E-state index in [0.29, 0.717) is 0 Å². The molecule has 19 heavy (non-hydrogen) atoms. The van der Waals surface area contributed by atoms with Crippen LogP contribution in [0.25, 0.3) is 0 Å². The lowest BCUT2D eigenvalue weighted by molar-refractivity contribution is 0.296. The van der Waals surface area contributed by atoms with Crippen molar-refractivity contribution in [3.05, 3.63) is 29.8 Å². The predicted octanol–water partition coefficient (Wildman–Crippen LogP) is 3.96. The van der Waals surface area contributed by atoms with Gasteiger partial charge in [-0.1, -0.05) is 38.0 Å². The second kappa shape index (κ2) is 9.22. The monoisotopic (exact) mass is 282 g/mol. The van der Waals surface area contributed by atoms with E-state index < -0.39 is 0 Å². The molecule has 1 aliphatic rings. The molecule has 0 spiro atoms. The number of benzene rings is 1. The first-order chi connectivity index (χ1) is 8.90. The zero-order chi connectivity index (χ0) is 12.6. The summed E-state index contributed by atoms with van der Waals surface area (Å²) in [6.45, 7) is 7.04. The standard InChI is InChI=1S/C16H26N2.ClH/c1-2-15-9-5-6-10-16(15)17-11-14-18-12-7-3-4-8-13-18;/h5-6,9-10,17H,2-4,7-8,11-14H2,1H3;1H. The lowest BCUT2D eigenvalue weighted by Gasteiger charge is -2.20. The van der Waals surface area contributed by atoms with Crippen LogP contribution in [0.5, 0.6) is 0 Å². The van der Waals surface area contributed by atoms with Gasteiger partial charge in [-0.05, 0) is 44.0 Å². The highest BCUT2D eigenvalue weighted by Crippen LogP contribution is 2.15. The topological polar surface area (TPSA) is 15.3 Å². The van der Waals surface area contributed by atoms with E-state index in [1.54, 1.807) is 0 Å². The minimum Gasteiger partial charge on any atom is -0.384 e. The summed E-state index contributed by atoms with van der Waals surface area (Å²) in [5.74, 6) is 0. The van der Waals surface area contributed by atoms with Gasteiger partial charge in [-0.3, -0.25) is 0 Å². The molecule has 0 amide bonds. The number of likely N-dealkylation sites (tertiary alicyclic amines) is 1. The fourth-order valence-corrected chi connectivity index (χ4v) is 2.71. The number of para-hydroxylation sites is 1. The average molecular weight is 283 g/mol. The highest BCUT2D eigenvalue weighted by Gasteiger charge is 2.08. The molecule has 0 radical (unpaired) electrons. The normalized spacial score (nSPS) is 16.5. The van der Waals surface area contributed by atoms with Crippen molar-refractivity contribution in [2.75, 3.05) is 31.5 Å². The van der Waals surface area contributed by atoms with Crippen LogP contribution in [0.2, 0.25) is 0 Å². The number of halogens is 1. The lowest BCUT2D eigenvalue weighted by Crippen LogP contribution is -2.30. The summed E-state index contributed by atoms with van der Waals surface area (Å²) in [5, 5.41) is 3.59. The molecule has 1 N–H and O–H groups in total. The van der Waals surface area contributed by atoms with Crippen molar-refractivity contribution in [1.82, 2.24) is 4.90 Å². The molecule has 2 nitrogen and oxygen atoms in total. The molecule has 3 heteroatoms. The molecular formula is C16H27ClN2. The van der Waals surface area contributed by atoms with Crippen LogP contribution in [0.4, 0.5) is 5.69 Å². The van der Waals surface area contributed by atoms with Gasteiger partial charge in [0.25, 0.3) is 0 Å². The van der Waals surface area contributed by atoms with Gasteiger partial charge in [0.05, 0.1) is 0 Å². The van der Waals surface area contributed by atoms with E-state index in [-0.39, 0.29) is 12.4 Å². The third-order valence-electron chi connectivity index (χ3n) is 3.84. The molecule has 0 bridgehead atoms. The van der Waals surface area contributed by atoms with Gasteiger partial charge in [0.1, 0.15) is 0 Å². The highest BCUT2D eigenvalue weighted by molar-refractivity contribution is 5.85. The van der Waals surface area contributed by atoms with Crippen LogP contribution in [-0.2, 0) is 6.42 Å². The maximum atomic E-state index is 3.59. The van der Waals surface area contributed by atoms with Crippen molar-refractivity contribution < 1.29 is 0 Å². The van der Waals surface area contributed by atoms with Gasteiger partial charge in [-0.2, -0.15) is 0 Å². The summed E-state index contributed by atoms with van der Waals surface area (Å²) in [7, 11) is 0. The van der Waals surface area contributed by atoms with Gasteiger partial charge >= 0.3 is 0 Å². The van der Waals surface area contributed by atoms with E-state index in [9.17, 15) is 0 Å². The van der Waals surface area contributed by atoms with Crippen molar-refractivity contribution in [2.24, 2.45) is 0 Å². The fourth-order valence-electron chi connectivity index (χ4n) is 2.71. The quantitative estimate of drug-likeness (QED) is 0.879. The molecule has 1 saturated heterocycles. The molecule has 0 aliphatic carbocycles. The maximum Gasteiger partial charge on any atom is 0.0373 e. The van der Waals surface area contributed by atoms with Gasteiger partial charge in [-0.25, -0.2) is 0 Å². The first kappa shape index (κ1) is 16.3. The SMILES string of the molecule is CCc1ccccc1NCCN1CCCCCC1.Cl. The summed E-state index contributed by atoms with van der Waals surface area (Å²) < 4.78 is 0. The Morgan fingerprint density at radius 1 is 1.05 bits per heavy atom. The minimum absolute atomic E-state index is 0. The van der Waals surface area contributed by atoms with Crippen LogP contribution in [0.3, 0.4) is 0 Å². The number of hydrogen-bond donors (Lipinski definition) is 1. The maximum absolute atomic E-state index is 3.59. The van der Waals surface area contributed by atoms with Crippen molar-refractivity contribution in [2.45, 2.75) is 39.0 Å². The van der Waals surface area contributed by atoms with Crippen LogP contribution in [-0.4, -0.2) is 31.1 Å². The summed E-state index contributed by atoms with van der Waals surface area (Å²) in [6.07, 6.45) is 6.70. The third-order valence-corrected chi connectivity index (χ3v) is 3.84. The molecule has 0 unspecified atom stereocenters. The molecule has 2 rings (SSSR count). The van der Waals surface area contributed by atoms with Gasteiger partial charge < -0.3 is 10.2 Å². The number of aryl methyl sites for hydroxylation is 1. The van der Waals surface area contributed by atoms with E-state index in [0.717, 1.165) is 13.0 Å². The molecule has 0 atom stereocenters. The zero-order valence-corrected chi connectivity index (χ0v) is 12.8. The number of hydrogen-bond acceptors (Lipinski definition) is 2. The van der Waals surface area contributed by atoms with E-state index >= 15 is 0 Å². The van der Waals surface area contributed by atoms with Crippen molar-refractivity contribution >= 4 is 18.1 Å². The van der Waals surface area contributed by atoms with Crippen molar-refractivity contribution in [3.8, 4) is 0 Å². The van der Waals surface area contributed by atoms with Crippen LogP contribution in [0, 0.1) is 0 Å². The molecule has 1 heterocycles. The third kappa shape index (κ3) is 5.42. The number of nitrogens with zero attached hydrogens (tertiary/aromatic N) is 1. The van der Waals surface area contributed by atoms with Gasteiger partial charge in [-0.15, -0.1) is 12.4 Å². The molecule has 1 aliphatic heterocycles.